The van der Waals surface area contributed by atoms with E-state index in [0.717, 1.165) is 24.0 Å². The van der Waals surface area contributed by atoms with Crippen LogP contribution in [0.3, 0.4) is 0 Å². The van der Waals surface area contributed by atoms with Crippen molar-refractivity contribution in [2.75, 3.05) is 0 Å². The summed E-state index contributed by atoms with van der Waals surface area (Å²) in [6.45, 7) is 2.25. The molecule has 1 aliphatic carbocycles. The summed E-state index contributed by atoms with van der Waals surface area (Å²) in [5, 5.41) is 0. The van der Waals surface area contributed by atoms with Crippen LogP contribution < -0.4 is 0 Å². The van der Waals surface area contributed by atoms with Gasteiger partial charge in [0.25, 0.3) is 0 Å². The van der Waals surface area contributed by atoms with E-state index in [0.29, 0.717) is 6.42 Å². The van der Waals surface area contributed by atoms with E-state index in [1.165, 1.54) is 56.1 Å². The molecule has 0 amide bonds. The summed E-state index contributed by atoms with van der Waals surface area (Å²) in [6.07, 6.45) is 11.6. The third kappa shape index (κ3) is 5.22. The minimum absolute atomic E-state index is 0.0746. The third-order valence-corrected chi connectivity index (χ3v) is 5.51. The van der Waals surface area contributed by atoms with Crippen LogP contribution in [-0.4, -0.2) is 5.97 Å². The van der Waals surface area contributed by atoms with Gasteiger partial charge < -0.3 is 4.74 Å². The SMILES string of the molecule is CCCCCCCCCCCC(=O)OC1c2ccccc2-c2ccccc21. The minimum atomic E-state index is -0.247. The fourth-order valence-electron chi connectivity index (χ4n) is 4.01. The molecule has 0 fully saturated rings. The predicted molar refractivity (Wildman–Crippen MR) is 112 cm³/mol. The molecule has 3 rings (SSSR count). The van der Waals surface area contributed by atoms with Crippen LogP contribution in [0.2, 0.25) is 0 Å². The summed E-state index contributed by atoms with van der Waals surface area (Å²) in [4.78, 5) is 12.4. The van der Waals surface area contributed by atoms with Gasteiger partial charge in [0.2, 0.25) is 0 Å². The summed E-state index contributed by atoms with van der Waals surface area (Å²) in [7, 11) is 0. The summed E-state index contributed by atoms with van der Waals surface area (Å²) >= 11 is 0. The Morgan fingerprint density at radius 1 is 0.741 bits per heavy atom. The van der Waals surface area contributed by atoms with E-state index in [-0.39, 0.29) is 12.1 Å². The smallest absolute Gasteiger partial charge is 0.306 e. The van der Waals surface area contributed by atoms with Crippen LogP contribution in [0.1, 0.15) is 88.4 Å². The van der Waals surface area contributed by atoms with Gasteiger partial charge in [-0.1, -0.05) is 107 Å². The average Bonchev–Trinajstić information content (AvgIpc) is 3.01. The Kier molecular flexibility index (Phi) is 7.50. The van der Waals surface area contributed by atoms with Crippen molar-refractivity contribution in [2.45, 2.75) is 77.2 Å². The fourth-order valence-corrected chi connectivity index (χ4v) is 4.01. The topological polar surface area (TPSA) is 26.3 Å². The molecule has 0 spiro atoms. The molecule has 2 aromatic carbocycles. The van der Waals surface area contributed by atoms with Crippen molar-refractivity contribution in [3.8, 4) is 11.1 Å². The van der Waals surface area contributed by atoms with E-state index in [4.69, 9.17) is 4.74 Å². The Morgan fingerprint density at radius 2 is 1.22 bits per heavy atom. The van der Waals surface area contributed by atoms with Gasteiger partial charge in [0.05, 0.1) is 0 Å². The standard InChI is InChI=1S/C25H32O2/c1-2-3-4-5-6-7-8-9-10-19-24(26)27-25-22-17-13-11-15-20(22)21-16-12-14-18-23(21)25/h11-18,25H,2-10,19H2,1H3. The Bertz CT molecular complexity index is 689. The summed E-state index contributed by atoms with van der Waals surface area (Å²) < 4.78 is 5.90. The Hall–Kier alpha value is -2.09. The second-order valence-electron chi connectivity index (χ2n) is 7.62. The first kappa shape index (κ1) is 19.7. The van der Waals surface area contributed by atoms with Crippen LogP contribution in [-0.2, 0) is 9.53 Å². The molecule has 2 aromatic rings. The number of esters is 1. The average molecular weight is 365 g/mol. The van der Waals surface area contributed by atoms with Gasteiger partial charge in [0.1, 0.15) is 0 Å². The molecule has 0 radical (unpaired) electrons. The van der Waals surface area contributed by atoms with E-state index in [2.05, 4.69) is 31.2 Å². The van der Waals surface area contributed by atoms with Crippen LogP contribution in [0, 0.1) is 0 Å². The van der Waals surface area contributed by atoms with Crippen LogP contribution in [0.25, 0.3) is 11.1 Å². The molecule has 0 saturated heterocycles. The molecule has 27 heavy (non-hydrogen) atoms. The first-order chi connectivity index (χ1) is 13.3. The van der Waals surface area contributed by atoms with Crippen molar-refractivity contribution in [3.05, 3.63) is 59.7 Å². The van der Waals surface area contributed by atoms with Crippen LogP contribution in [0.15, 0.2) is 48.5 Å². The van der Waals surface area contributed by atoms with Crippen LogP contribution in [0.4, 0.5) is 0 Å². The van der Waals surface area contributed by atoms with E-state index >= 15 is 0 Å². The zero-order chi connectivity index (χ0) is 18.9. The number of hydrogen-bond donors (Lipinski definition) is 0. The molecular formula is C25H32O2. The molecular weight excluding hydrogens is 332 g/mol. The zero-order valence-electron chi connectivity index (χ0n) is 16.6. The first-order valence-corrected chi connectivity index (χ1v) is 10.7. The summed E-state index contributed by atoms with van der Waals surface area (Å²) in [6, 6.07) is 16.5. The number of carbonyl (C=O) groups is 1. The molecule has 0 N–H and O–H groups in total. The Morgan fingerprint density at radius 3 is 1.78 bits per heavy atom. The molecule has 0 atom stereocenters. The molecule has 2 nitrogen and oxygen atoms in total. The highest BCUT2D eigenvalue weighted by atomic mass is 16.5. The van der Waals surface area contributed by atoms with Crippen molar-refractivity contribution in [1.29, 1.82) is 0 Å². The van der Waals surface area contributed by atoms with Crippen molar-refractivity contribution < 1.29 is 9.53 Å². The van der Waals surface area contributed by atoms with E-state index in [1.807, 2.05) is 24.3 Å². The molecule has 0 aromatic heterocycles. The lowest BCUT2D eigenvalue weighted by molar-refractivity contribution is -0.147. The van der Waals surface area contributed by atoms with Gasteiger partial charge >= 0.3 is 5.97 Å². The number of benzene rings is 2. The monoisotopic (exact) mass is 364 g/mol. The highest BCUT2D eigenvalue weighted by Crippen LogP contribution is 2.45. The van der Waals surface area contributed by atoms with Gasteiger partial charge in [0, 0.05) is 17.5 Å². The first-order valence-electron chi connectivity index (χ1n) is 10.7. The van der Waals surface area contributed by atoms with Gasteiger partial charge in [-0.2, -0.15) is 0 Å². The number of unbranched alkanes of at least 4 members (excludes halogenated alkanes) is 8. The van der Waals surface area contributed by atoms with Gasteiger partial charge in [-0.25, -0.2) is 0 Å². The molecule has 0 saturated carbocycles. The van der Waals surface area contributed by atoms with E-state index in [9.17, 15) is 4.79 Å². The molecule has 2 heteroatoms. The van der Waals surface area contributed by atoms with Crippen LogP contribution >= 0.6 is 0 Å². The maximum Gasteiger partial charge on any atom is 0.306 e. The Balaban J connectivity index is 1.42. The highest BCUT2D eigenvalue weighted by molar-refractivity contribution is 5.80. The fraction of sp³-hybridized carbons (Fsp3) is 0.480. The molecule has 0 aliphatic heterocycles. The van der Waals surface area contributed by atoms with Gasteiger partial charge in [0.15, 0.2) is 6.10 Å². The maximum absolute atomic E-state index is 12.4. The molecule has 1 aliphatic rings. The van der Waals surface area contributed by atoms with E-state index < -0.39 is 0 Å². The molecule has 0 bridgehead atoms. The van der Waals surface area contributed by atoms with Crippen molar-refractivity contribution in [1.82, 2.24) is 0 Å². The predicted octanol–water partition coefficient (Wildman–Crippen LogP) is 7.22. The van der Waals surface area contributed by atoms with Crippen molar-refractivity contribution in [2.24, 2.45) is 0 Å². The van der Waals surface area contributed by atoms with Gasteiger partial charge in [-0.05, 0) is 17.5 Å². The molecule has 0 unspecified atom stereocenters. The normalized spacial score (nSPS) is 12.6. The van der Waals surface area contributed by atoms with Crippen LogP contribution in [0.5, 0.6) is 0 Å². The number of carbonyl (C=O) groups excluding carboxylic acids is 1. The molecule has 0 heterocycles. The number of hydrogen-bond acceptors (Lipinski definition) is 2. The lowest BCUT2D eigenvalue weighted by Crippen LogP contribution is -2.10. The second kappa shape index (κ2) is 10.3. The molecule has 144 valence electrons. The number of fused-ring (bicyclic) bond motifs is 3. The quantitative estimate of drug-likeness (QED) is 0.311. The van der Waals surface area contributed by atoms with Crippen molar-refractivity contribution >= 4 is 5.97 Å². The Labute approximate surface area is 164 Å². The summed E-state index contributed by atoms with van der Waals surface area (Å²) in [5.41, 5.74) is 4.60. The summed E-state index contributed by atoms with van der Waals surface area (Å²) in [5.74, 6) is -0.0746. The zero-order valence-corrected chi connectivity index (χ0v) is 16.6. The lowest BCUT2D eigenvalue weighted by atomic mass is 10.1. The van der Waals surface area contributed by atoms with Gasteiger partial charge in [-0.15, -0.1) is 0 Å². The second-order valence-corrected chi connectivity index (χ2v) is 7.62. The maximum atomic E-state index is 12.4. The third-order valence-electron chi connectivity index (χ3n) is 5.51. The minimum Gasteiger partial charge on any atom is -0.452 e. The van der Waals surface area contributed by atoms with Gasteiger partial charge in [-0.3, -0.25) is 4.79 Å². The van der Waals surface area contributed by atoms with Crippen molar-refractivity contribution in [3.63, 3.8) is 0 Å². The van der Waals surface area contributed by atoms with E-state index in [1.54, 1.807) is 0 Å². The largest absolute Gasteiger partial charge is 0.452 e. The number of ether oxygens (including phenoxy) is 1. The lowest BCUT2D eigenvalue weighted by Gasteiger charge is -2.15. The number of rotatable bonds is 11. The highest BCUT2D eigenvalue weighted by Gasteiger charge is 2.30.